The quantitative estimate of drug-likeness (QED) is 0.647. The van der Waals surface area contributed by atoms with E-state index in [1.54, 1.807) is 30.6 Å². The van der Waals surface area contributed by atoms with E-state index in [2.05, 4.69) is 15.3 Å². The standard InChI is InChI=1S/C19H23N5O3S/c1-23(2)28(26,27)15-6-7-17-16(11-15)22-18(24(17)3)8-9-19(25)21-13-14-5-4-10-20-12-14/h4-7,10-12H,8-9,13H2,1-3H3,(H,21,25). The molecule has 2 heterocycles. The van der Waals surface area contributed by atoms with Gasteiger partial charge in [0.1, 0.15) is 5.82 Å². The van der Waals surface area contributed by atoms with Crippen LogP contribution < -0.4 is 5.32 Å². The summed E-state index contributed by atoms with van der Waals surface area (Å²) in [6, 6.07) is 8.61. The topological polar surface area (TPSA) is 97.2 Å². The van der Waals surface area contributed by atoms with Crippen LogP contribution in [0.3, 0.4) is 0 Å². The molecule has 0 radical (unpaired) electrons. The van der Waals surface area contributed by atoms with Gasteiger partial charge in [0.25, 0.3) is 0 Å². The van der Waals surface area contributed by atoms with E-state index in [1.807, 2.05) is 23.7 Å². The second kappa shape index (κ2) is 8.07. The molecule has 0 spiro atoms. The molecule has 1 N–H and O–H groups in total. The van der Waals surface area contributed by atoms with E-state index in [9.17, 15) is 13.2 Å². The third kappa shape index (κ3) is 4.20. The molecule has 9 heteroatoms. The molecule has 1 amide bonds. The van der Waals surface area contributed by atoms with Gasteiger partial charge in [0, 0.05) is 52.9 Å². The smallest absolute Gasteiger partial charge is 0.242 e. The minimum absolute atomic E-state index is 0.0771. The maximum Gasteiger partial charge on any atom is 0.242 e. The van der Waals surface area contributed by atoms with Gasteiger partial charge in [-0.1, -0.05) is 6.07 Å². The number of nitrogens with zero attached hydrogens (tertiary/aromatic N) is 4. The molecule has 0 bridgehead atoms. The minimum atomic E-state index is -3.52. The number of fused-ring (bicyclic) bond motifs is 1. The Bertz CT molecular complexity index is 1090. The number of rotatable bonds is 7. The molecule has 0 saturated carbocycles. The molecule has 0 unspecified atom stereocenters. The summed E-state index contributed by atoms with van der Waals surface area (Å²) in [4.78, 5) is 20.9. The lowest BCUT2D eigenvalue weighted by molar-refractivity contribution is -0.121. The summed E-state index contributed by atoms with van der Waals surface area (Å²) in [5, 5.41) is 2.86. The fourth-order valence-electron chi connectivity index (χ4n) is 2.84. The summed E-state index contributed by atoms with van der Waals surface area (Å²) in [7, 11) is 1.33. The first kappa shape index (κ1) is 20.0. The first-order valence-corrected chi connectivity index (χ1v) is 10.3. The Morgan fingerprint density at radius 1 is 1.25 bits per heavy atom. The zero-order valence-electron chi connectivity index (χ0n) is 16.1. The van der Waals surface area contributed by atoms with E-state index < -0.39 is 10.0 Å². The summed E-state index contributed by atoms with van der Waals surface area (Å²) < 4.78 is 27.7. The predicted octanol–water partition coefficient (Wildman–Crippen LogP) is 1.47. The number of imidazole rings is 1. The number of pyridine rings is 1. The molecule has 2 aromatic heterocycles. The van der Waals surface area contributed by atoms with Gasteiger partial charge in [0.2, 0.25) is 15.9 Å². The number of carbonyl (C=O) groups excluding carboxylic acids is 1. The van der Waals surface area contributed by atoms with Crippen LogP contribution in [0.25, 0.3) is 11.0 Å². The van der Waals surface area contributed by atoms with Gasteiger partial charge in [0.05, 0.1) is 15.9 Å². The zero-order chi connectivity index (χ0) is 20.3. The number of aromatic nitrogens is 3. The maximum atomic E-state index is 12.3. The largest absolute Gasteiger partial charge is 0.352 e. The van der Waals surface area contributed by atoms with Crippen molar-refractivity contribution in [2.24, 2.45) is 7.05 Å². The Hall–Kier alpha value is -2.78. The van der Waals surface area contributed by atoms with E-state index in [4.69, 9.17) is 0 Å². The minimum Gasteiger partial charge on any atom is -0.352 e. The maximum absolute atomic E-state index is 12.3. The van der Waals surface area contributed by atoms with Crippen LogP contribution in [-0.2, 0) is 34.8 Å². The fraction of sp³-hybridized carbons (Fsp3) is 0.316. The van der Waals surface area contributed by atoms with Gasteiger partial charge >= 0.3 is 0 Å². The molecule has 0 aliphatic heterocycles. The molecule has 8 nitrogen and oxygen atoms in total. The van der Waals surface area contributed by atoms with E-state index in [1.165, 1.54) is 18.4 Å². The van der Waals surface area contributed by atoms with Crippen LogP contribution in [-0.4, -0.2) is 47.3 Å². The molecule has 0 atom stereocenters. The van der Waals surface area contributed by atoms with Crippen LogP contribution in [0, 0.1) is 0 Å². The summed E-state index contributed by atoms with van der Waals surface area (Å²) in [5.41, 5.74) is 2.35. The van der Waals surface area contributed by atoms with Crippen LogP contribution in [0.2, 0.25) is 0 Å². The second-order valence-corrected chi connectivity index (χ2v) is 8.81. The summed E-state index contributed by atoms with van der Waals surface area (Å²) in [6.45, 7) is 0.432. The molecule has 28 heavy (non-hydrogen) atoms. The van der Waals surface area contributed by atoms with Crippen molar-refractivity contribution in [1.29, 1.82) is 0 Å². The Labute approximate surface area is 164 Å². The van der Waals surface area contributed by atoms with Crippen LogP contribution in [0.5, 0.6) is 0 Å². The van der Waals surface area contributed by atoms with Gasteiger partial charge in [0.15, 0.2) is 0 Å². The molecular formula is C19H23N5O3S. The van der Waals surface area contributed by atoms with Gasteiger partial charge < -0.3 is 9.88 Å². The third-order valence-corrected chi connectivity index (χ3v) is 6.32. The van der Waals surface area contributed by atoms with Gasteiger partial charge in [-0.25, -0.2) is 17.7 Å². The lowest BCUT2D eigenvalue weighted by Gasteiger charge is -2.10. The Kier molecular flexibility index (Phi) is 5.76. The normalized spacial score (nSPS) is 11.9. The number of sulfonamides is 1. The summed E-state index contributed by atoms with van der Waals surface area (Å²) in [5.74, 6) is 0.651. The average Bonchev–Trinajstić information content (AvgIpc) is 3.00. The first-order chi connectivity index (χ1) is 13.3. The van der Waals surface area contributed by atoms with E-state index in [-0.39, 0.29) is 10.8 Å². The monoisotopic (exact) mass is 401 g/mol. The molecule has 1 aromatic carbocycles. The van der Waals surface area contributed by atoms with E-state index in [0.29, 0.717) is 24.9 Å². The SMILES string of the molecule is CN(C)S(=O)(=O)c1ccc2c(c1)nc(CCC(=O)NCc1cccnc1)n2C. The van der Waals surface area contributed by atoms with Crippen molar-refractivity contribution >= 4 is 27.0 Å². The first-order valence-electron chi connectivity index (χ1n) is 8.82. The average molecular weight is 401 g/mol. The number of aryl methyl sites for hydroxylation is 2. The van der Waals surface area contributed by atoms with Crippen molar-refractivity contribution < 1.29 is 13.2 Å². The summed E-state index contributed by atoms with van der Waals surface area (Å²) in [6.07, 6.45) is 4.15. The molecule has 0 saturated heterocycles. The molecule has 0 fully saturated rings. The van der Waals surface area contributed by atoms with E-state index in [0.717, 1.165) is 16.9 Å². The van der Waals surface area contributed by atoms with Gasteiger partial charge in [-0.3, -0.25) is 9.78 Å². The van der Waals surface area contributed by atoms with Gasteiger partial charge in [-0.2, -0.15) is 0 Å². The Morgan fingerprint density at radius 3 is 2.71 bits per heavy atom. The lowest BCUT2D eigenvalue weighted by atomic mass is 10.2. The predicted molar refractivity (Wildman–Crippen MR) is 106 cm³/mol. The second-order valence-electron chi connectivity index (χ2n) is 6.66. The van der Waals surface area contributed by atoms with Crippen molar-refractivity contribution in [3.63, 3.8) is 0 Å². The Morgan fingerprint density at radius 2 is 2.04 bits per heavy atom. The number of nitrogens with one attached hydrogen (secondary N) is 1. The summed E-state index contributed by atoms with van der Waals surface area (Å²) >= 11 is 0. The highest BCUT2D eigenvalue weighted by Crippen LogP contribution is 2.21. The molecule has 0 aliphatic carbocycles. The van der Waals surface area contributed by atoms with Crippen LogP contribution in [0.15, 0.2) is 47.6 Å². The van der Waals surface area contributed by atoms with Crippen LogP contribution in [0.1, 0.15) is 17.8 Å². The van der Waals surface area contributed by atoms with Gasteiger partial charge in [-0.05, 0) is 29.8 Å². The van der Waals surface area contributed by atoms with Crippen molar-refractivity contribution in [3.8, 4) is 0 Å². The number of benzene rings is 1. The van der Waals surface area contributed by atoms with Crippen molar-refractivity contribution in [3.05, 3.63) is 54.1 Å². The molecule has 148 valence electrons. The molecule has 3 aromatic rings. The highest BCUT2D eigenvalue weighted by Gasteiger charge is 2.19. The number of hydrogen-bond donors (Lipinski definition) is 1. The van der Waals surface area contributed by atoms with Crippen LogP contribution >= 0.6 is 0 Å². The van der Waals surface area contributed by atoms with Crippen LogP contribution in [0.4, 0.5) is 0 Å². The molecule has 0 aliphatic rings. The highest BCUT2D eigenvalue weighted by molar-refractivity contribution is 7.89. The Balaban J connectivity index is 1.69. The number of hydrogen-bond acceptors (Lipinski definition) is 5. The zero-order valence-corrected chi connectivity index (χ0v) is 16.9. The fourth-order valence-corrected chi connectivity index (χ4v) is 3.76. The van der Waals surface area contributed by atoms with E-state index >= 15 is 0 Å². The number of amides is 1. The van der Waals surface area contributed by atoms with Crippen molar-refractivity contribution in [2.75, 3.05) is 14.1 Å². The van der Waals surface area contributed by atoms with Crippen molar-refractivity contribution in [2.45, 2.75) is 24.3 Å². The third-order valence-electron chi connectivity index (χ3n) is 4.51. The van der Waals surface area contributed by atoms with Crippen molar-refractivity contribution in [1.82, 2.24) is 24.2 Å². The highest BCUT2D eigenvalue weighted by atomic mass is 32.2. The molecular weight excluding hydrogens is 378 g/mol. The lowest BCUT2D eigenvalue weighted by Crippen LogP contribution is -2.23. The van der Waals surface area contributed by atoms with Gasteiger partial charge in [-0.15, -0.1) is 0 Å². The molecule has 3 rings (SSSR count). The number of carbonyl (C=O) groups is 1.